The minimum atomic E-state index is -0.808. The second-order valence-corrected chi connectivity index (χ2v) is 6.04. The highest BCUT2D eigenvalue weighted by molar-refractivity contribution is 6.01. The van der Waals surface area contributed by atoms with Gasteiger partial charge in [-0.15, -0.1) is 0 Å². The number of hydrogen-bond donors (Lipinski definition) is 1. The molecule has 2 rings (SSSR count). The Balaban J connectivity index is 2.01. The number of benzene rings is 1. The van der Waals surface area contributed by atoms with Crippen LogP contribution in [0.3, 0.4) is 0 Å². The van der Waals surface area contributed by atoms with Gasteiger partial charge in [0.2, 0.25) is 0 Å². The topological polar surface area (TPSA) is 128 Å². The molecule has 0 bridgehead atoms. The van der Waals surface area contributed by atoms with E-state index < -0.39 is 35.9 Å². The van der Waals surface area contributed by atoms with Crippen molar-refractivity contribution in [3.8, 4) is 5.75 Å². The third-order valence-electron chi connectivity index (χ3n) is 3.46. The van der Waals surface area contributed by atoms with Crippen molar-refractivity contribution < 1.29 is 28.8 Å². The summed E-state index contributed by atoms with van der Waals surface area (Å²) in [5.74, 6) is -1.29. The summed E-state index contributed by atoms with van der Waals surface area (Å²) in [4.78, 5) is 46.9. The van der Waals surface area contributed by atoms with Gasteiger partial charge in [-0.2, -0.15) is 0 Å². The lowest BCUT2D eigenvalue weighted by molar-refractivity contribution is -0.384. The molecule has 2 amide bonds. The highest BCUT2D eigenvalue weighted by Gasteiger charge is 2.29. The molecule has 26 heavy (non-hydrogen) atoms. The number of carbonyl (C=O) groups excluding carboxylic acids is 3. The lowest BCUT2D eigenvalue weighted by Gasteiger charge is -2.28. The van der Waals surface area contributed by atoms with Crippen LogP contribution < -0.4 is 15.0 Å². The summed E-state index contributed by atoms with van der Waals surface area (Å²) in [7, 11) is 0. The maximum atomic E-state index is 12.0. The first-order chi connectivity index (χ1) is 12.3. The maximum Gasteiger partial charge on any atom is 0.326 e. The molecule has 0 saturated carbocycles. The van der Waals surface area contributed by atoms with Crippen molar-refractivity contribution in [2.75, 3.05) is 31.2 Å². The van der Waals surface area contributed by atoms with Crippen LogP contribution in [0.1, 0.15) is 13.8 Å². The molecule has 0 aromatic heterocycles. The highest BCUT2D eigenvalue weighted by Crippen LogP contribution is 2.35. The van der Waals surface area contributed by atoms with Crippen LogP contribution in [0, 0.1) is 16.0 Å². The quantitative estimate of drug-likeness (QED) is 0.426. The zero-order valence-corrected chi connectivity index (χ0v) is 14.4. The molecule has 140 valence electrons. The van der Waals surface area contributed by atoms with E-state index in [1.54, 1.807) is 0 Å². The van der Waals surface area contributed by atoms with Crippen LogP contribution in [0.5, 0.6) is 5.75 Å². The fourth-order valence-electron chi connectivity index (χ4n) is 2.17. The molecule has 0 spiro atoms. The van der Waals surface area contributed by atoms with Gasteiger partial charge in [0.05, 0.1) is 10.6 Å². The third-order valence-corrected chi connectivity index (χ3v) is 3.46. The predicted octanol–water partition coefficient (Wildman–Crippen LogP) is 0.636. The van der Waals surface area contributed by atoms with Crippen molar-refractivity contribution in [2.24, 2.45) is 5.92 Å². The predicted molar refractivity (Wildman–Crippen MR) is 89.8 cm³/mol. The molecule has 0 unspecified atom stereocenters. The number of anilines is 1. The molecule has 0 fully saturated rings. The Bertz CT molecular complexity index is 733. The number of esters is 1. The Morgan fingerprint density at radius 1 is 1.42 bits per heavy atom. The second-order valence-electron chi connectivity index (χ2n) is 6.04. The van der Waals surface area contributed by atoms with Crippen molar-refractivity contribution in [3.05, 3.63) is 28.3 Å². The zero-order chi connectivity index (χ0) is 19.3. The number of amides is 2. The maximum absolute atomic E-state index is 12.0. The average molecular weight is 365 g/mol. The van der Waals surface area contributed by atoms with E-state index in [-0.39, 0.29) is 29.6 Å². The second kappa shape index (κ2) is 8.28. The fourth-order valence-corrected chi connectivity index (χ4v) is 2.17. The summed E-state index contributed by atoms with van der Waals surface area (Å²) in [5.41, 5.74) is -0.134. The monoisotopic (exact) mass is 365 g/mol. The van der Waals surface area contributed by atoms with Crippen molar-refractivity contribution >= 4 is 29.2 Å². The van der Waals surface area contributed by atoms with Crippen LogP contribution in [0.2, 0.25) is 0 Å². The van der Waals surface area contributed by atoms with Gasteiger partial charge in [0.1, 0.15) is 12.3 Å². The highest BCUT2D eigenvalue weighted by atomic mass is 16.6. The largest absolute Gasteiger partial charge is 0.482 e. The number of fused-ring (bicyclic) bond motifs is 1. The number of nitro benzene ring substituents is 1. The van der Waals surface area contributed by atoms with E-state index in [9.17, 15) is 24.5 Å². The van der Waals surface area contributed by atoms with E-state index in [1.807, 2.05) is 13.8 Å². The lowest BCUT2D eigenvalue weighted by atomic mass is 10.2. The molecule has 0 atom stereocenters. The first-order valence-corrected chi connectivity index (χ1v) is 7.92. The molecule has 0 saturated heterocycles. The Hall–Kier alpha value is -3.17. The standard InChI is InChI=1S/C16H19N3O7/c1-10(2)6-17-14(20)8-26-16(22)7-18-12-5-11(19(23)24)3-4-13(12)25-9-15(18)21/h3-5,10H,6-9H2,1-2H3,(H,17,20). The number of ether oxygens (including phenoxy) is 2. The molecule has 10 nitrogen and oxygen atoms in total. The van der Waals surface area contributed by atoms with Gasteiger partial charge in [-0.1, -0.05) is 13.8 Å². The van der Waals surface area contributed by atoms with Crippen molar-refractivity contribution in [1.29, 1.82) is 0 Å². The van der Waals surface area contributed by atoms with E-state index >= 15 is 0 Å². The fraction of sp³-hybridized carbons (Fsp3) is 0.438. The summed E-state index contributed by atoms with van der Waals surface area (Å²) in [6.45, 7) is 3.06. The molecule has 1 aromatic carbocycles. The Morgan fingerprint density at radius 3 is 2.81 bits per heavy atom. The van der Waals surface area contributed by atoms with Gasteiger partial charge in [-0.05, 0) is 12.0 Å². The minimum absolute atomic E-state index is 0.108. The lowest BCUT2D eigenvalue weighted by Crippen LogP contribution is -2.43. The Labute approximate surface area is 149 Å². The summed E-state index contributed by atoms with van der Waals surface area (Å²) >= 11 is 0. The zero-order valence-electron chi connectivity index (χ0n) is 14.4. The number of non-ortho nitro benzene ring substituents is 1. The summed E-state index contributed by atoms with van der Waals surface area (Å²) in [5, 5.41) is 13.5. The minimum Gasteiger partial charge on any atom is -0.482 e. The van der Waals surface area contributed by atoms with Gasteiger partial charge in [0, 0.05) is 18.7 Å². The van der Waals surface area contributed by atoms with Gasteiger partial charge >= 0.3 is 5.97 Å². The van der Waals surface area contributed by atoms with Gasteiger partial charge in [0.25, 0.3) is 17.5 Å². The van der Waals surface area contributed by atoms with Gasteiger partial charge in [-0.25, -0.2) is 0 Å². The van der Waals surface area contributed by atoms with Crippen LogP contribution >= 0.6 is 0 Å². The number of carbonyl (C=O) groups is 3. The van der Waals surface area contributed by atoms with Crippen LogP contribution in [0.25, 0.3) is 0 Å². The van der Waals surface area contributed by atoms with E-state index in [4.69, 9.17) is 9.47 Å². The van der Waals surface area contributed by atoms with Crippen molar-refractivity contribution in [3.63, 3.8) is 0 Å². The average Bonchev–Trinajstić information content (AvgIpc) is 2.60. The molecule has 1 aliphatic rings. The van der Waals surface area contributed by atoms with Gasteiger partial charge in [0.15, 0.2) is 13.2 Å². The smallest absolute Gasteiger partial charge is 0.326 e. The molecular formula is C16H19N3O7. The molecule has 1 heterocycles. The normalized spacial score (nSPS) is 13.0. The number of rotatable bonds is 7. The number of nitrogens with one attached hydrogen (secondary N) is 1. The molecule has 1 N–H and O–H groups in total. The summed E-state index contributed by atoms with van der Waals surface area (Å²) in [6.07, 6.45) is 0. The van der Waals surface area contributed by atoms with Crippen LogP contribution in [0.15, 0.2) is 18.2 Å². The molecule has 0 aliphatic carbocycles. The van der Waals surface area contributed by atoms with E-state index in [0.29, 0.717) is 6.54 Å². The van der Waals surface area contributed by atoms with Crippen LogP contribution in [0.4, 0.5) is 11.4 Å². The van der Waals surface area contributed by atoms with Crippen LogP contribution in [-0.2, 0) is 19.1 Å². The van der Waals surface area contributed by atoms with Crippen molar-refractivity contribution in [1.82, 2.24) is 5.32 Å². The summed E-state index contributed by atoms with van der Waals surface area (Å²) < 4.78 is 10.1. The number of nitrogens with zero attached hydrogens (tertiary/aromatic N) is 2. The Morgan fingerprint density at radius 2 is 2.15 bits per heavy atom. The molecule has 0 radical (unpaired) electrons. The molecule has 1 aromatic rings. The molecule has 1 aliphatic heterocycles. The van der Waals surface area contributed by atoms with Crippen LogP contribution in [-0.4, -0.2) is 49.0 Å². The third kappa shape index (κ3) is 4.91. The van der Waals surface area contributed by atoms with Crippen molar-refractivity contribution in [2.45, 2.75) is 13.8 Å². The number of hydrogen-bond acceptors (Lipinski definition) is 7. The van der Waals surface area contributed by atoms with E-state index in [2.05, 4.69) is 5.32 Å². The Kier molecular flexibility index (Phi) is 6.10. The molecule has 10 heteroatoms. The molecular weight excluding hydrogens is 346 g/mol. The van der Waals surface area contributed by atoms with E-state index in [1.165, 1.54) is 12.1 Å². The first kappa shape index (κ1) is 19.2. The summed E-state index contributed by atoms with van der Waals surface area (Å²) in [6, 6.07) is 3.75. The number of nitro groups is 1. The SMILES string of the molecule is CC(C)CNC(=O)COC(=O)CN1C(=O)COc2ccc([N+](=O)[O-])cc21. The first-order valence-electron chi connectivity index (χ1n) is 7.92. The van der Waals surface area contributed by atoms with Gasteiger partial charge < -0.3 is 14.8 Å². The van der Waals surface area contributed by atoms with Gasteiger partial charge in [-0.3, -0.25) is 29.4 Å². The van der Waals surface area contributed by atoms with E-state index in [0.717, 1.165) is 11.0 Å².